The van der Waals surface area contributed by atoms with Crippen molar-refractivity contribution in [1.29, 1.82) is 0 Å². The van der Waals surface area contributed by atoms with E-state index in [0.717, 1.165) is 43.5 Å². The van der Waals surface area contributed by atoms with E-state index in [1.165, 1.54) is 0 Å². The molecule has 0 aliphatic rings. The molecule has 0 bridgehead atoms. The van der Waals surface area contributed by atoms with Crippen LogP contribution in [-0.4, -0.2) is 14.9 Å². The van der Waals surface area contributed by atoms with Gasteiger partial charge in [0.1, 0.15) is 0 Å². The Bertz CT molecular complexity index is 292. The van der Waals surface area contributed by atoms with Crippen LogP contribution in [0.2, 0.25) is 0 Å². The number of aromatic nitrogens is 2. The van der Waals surface area contributed by atoms with Crippen LogP contribution in [0.25, 0.3) is 0 Å². The second-order valence-corrected chi connectivity index (χ2v) is 3.71. The van der Waals surface area contributed by atoms with E-state index in [1.54, 1.807) is 4.68 Å². The highest BCUT2D eigenvalue weighted by molar-refractivity contribution is 5.29. The Morgan fingerprint density at radius 2 is 2.00 bits per heavy atom. The van der Waals surface area contributed by atoms with Crippen LogP contribution < -0.4 is 0 Å². The summed E-state index contributed by atoms with van der Waals surface area (Å²) in [6.45, 7) is 7.04. The maximum Gasteiger partial charge on any atom is 0.212 e. The number of rotatable bonds is 5. The maximum absolute atomic E-state index is 9.87. The van der Waals surface area contributed by atoms with Gasteiger partial charge in [-0.3, -0.25) is 0 Å². The van der Waals surface area contributed by atoms with Crippen molar-refractivity contribution in [1.82, 2.24) is 9.78 Å². The van der Waals surface area contributed by atoms with Crippen molar-refractivity contribution in [2.24, 2.45) is 0 Å². The van der Waals surface area contributed by atoms with E-state index in [2.05, 4.69) is 18.9 Å². The standard InChI is InChI=1S/C11H20N2O/c1-4-6-8-13-11(14)10(7-5-2)9(3)12-13/h14H,4-8H2,1-3H3. The lowest BCUT2D eigenvalue weighted by molar-refractivity contribution is 0.389. The van der Waals surface area contributed by atoms with Crippen LogP contribution >= 0.6 is 0 Å². The molecule has 14 heavy (non-hydrogen) atoms. The zero-order valence-electron chi connectivity index (χ0n) is 9.38. The summed E-state index contributed by atoms with van der Waals surface area (Å²) in [5.41, 5.74) is 1.99. The fourth-order valence-electron chi connectivity index (χ4n) is 1.61. The summed E-state index contributed by atoms with van der Waals surface area (Å²) < 4.78 is 1.73. The molecule has 0 saturated carbocycles. The number of nitrogens with zero attached hydrogens (tertiary/aromatic N) is 2. The predicted molar refractivity (Wildman–Crippen MR) is 57.5 cm³/mol. The Morgan fingerprint density at radius 3 is 2.57 bits per heavy atom. The third-order valence-corrected chi connectivity index (χ3v) is 2.45. The number of hydrogen-bond acceptors (Lipinski definition) is 2. The van der Waals surface area contributed by atoms with Gasteiger partial charge in [0.15, 0.2) is 0 Å². The molecule has 0 fully saturated rings. The quantitative estimate of drug-likeness (QED) is 0.786. The first kappa shape index (κ1) is 11.1. The molecular formula is C11H20N2O. The molecule has 3 nitrogen and oxygen atoms in total. The normalized spacial score (nSPS) is 10.8. The third-order valence-electron chi connectivity index (χ3n) is 2.45. The molecule has 0 spiro atoms. The molecule has 0 amide bonds. The van der Waals surface area contributed by atoms with Crippen LogP contribution in [0.4, 0.5) is 0 Å². The first-order chi connectivity index (χ1) is 6.70. The van der Waals surface area contributed by atoms with Gasteiger partial charge in [-0.15, -0.1) is 0 Å². The summed E-state index contributed by atoms with van der Waals surface area (Å²) in [7, 11) is 0. The highest BCUT2D eigenvalue weighted by Crippen LogP contribution is 2.22. The third kappa shape index (κ3) is 2.28. The van der Waals surface area contributed by atoms with Gasteiger partial charge in [0, 0.05) is 12.1 Å². The Labute approximate surface area is 85.8 Å². The molecule has 0 saturated heterocycles. The van der Waals surface area contributed by atoms with Crippen molar-refractivity contribution in [3.05, 3.63) is 11.3 Å². The lowest BCUT2D eigenvalue weighted by Gasteiger charge is -2.01. The molecule has 1 N–H and O–H groups in total. The van der Waals surface area contributed by atoms with Gasteiger partial charge >= 0.3 is 0 Å². The Morgan fingerprint density at radius 1 is 1.29 bits per heavy atom. The molecule has 1 heterocycles. The van der Waals surface area contributed by atoms with Crippen molar-refractivity contribution >= 4 is 0 Å². The number of aryl methyl sites for hydroxylation is 2. The van der Waals surface area contributed by atoms with Crippen LogP contribution in [0.15, 0.2) is 0 Å². The number of hydrogen-bond donors (Lipinski definition) is 1. The van der Waals surface area contributed by atoms with Crippen LogP contribution in [-0.2, 0) is 13.0 Å². The maximum atomic E-state index is 9.87. The van der Waals surface area contributed by atoms with Crippen molar-refractivity contribution in [2.75, 3.05) is 0 Å². The van der Waals surface area contributed by atoms with Crippen LogP contribution in [0.5, 0.6) is 5.88 Å². The molecule has 1 aromatic rings. The predicted octanol–water partition coefficient (Wildman–Crippen LogP) is 2.65. The Kier molecular flexibility index (Phi) is 3.98. The fourth-order valence-corrected chi connectivity index (χ4v) is 1.61. The lowest BCUT2D eigenvalue weighted by Crippen LogP contribution is -1.99. The second-order valence-electron chi connectivity index (χ2n) is 3.71. The largest absolute Gasteiger partial charge is 0.493 e. The van der Waals surface area contributed by atoms with E-state index in [9.17, 15) is 5.11 Å². The topological polar surface area (TPSA) is 38.0 Å². The van der Waals surface area contributed by atoms with E-state index in [4.69, 9.17) is 0 Å². The molecule has 3 heteroatoms. The van der Waals surface area contributed by atoms with Gasteiger partial charge in [0.25, 0.3) is 0 Å². The minimum absolute atomic E-state index is 0.373. The molecule has 0 unspecified atom stereocenters. The van der Waals surface area contributed by atoms with Crippen molar-refractivity contribution < 1.29 is 5.11 Å². The van der Waals surface area contributed by atoms with Crippen LogP contribution in [0.1, 0.15) is 44.4 Å². The van der Waals surface area contributed by atoms with E-state index >= 15 is 0 Å². The highest BCUT2D eigenvalue weighted by Gasteiger charge is 2.12. The smallest absolute Gasteiger partial charge is 0.212 e. The fraction of sp³-hybridized carbons (Fsp3) is 0.727. The lowest BCUT2D eigenvalue weighted by atomic mass is 10.1. The Balaban J connectivity index is 2.81. The zero-order chi connectivity index (χ0) is 10.6. The molecule has 0 aliphatic carbocycles. The van der Waals surface area contributed by atoms with Crippen molar-refractivity contribution in [2.45, 2.75) is 53.0 Å². The molecule has 0 radical (unpaired) electrons. The first-order valence-corrected chi connectivity index (χ1v) is 5.45. The molecule has 0 aromatic carbocycles. The van der Waals surface area contributed by atoms with E-state index in [1.807, 2.05) is 6.92 Å². The summed E-state index contributed by atoms with van der Waals surface area (Å²) >= 11 is 0. The summed E-state index contributed by atoms with van der Waals surface area (Å²) in [5, 5.41) is 14.2. The summed E-state index contributed by atoms with van der Waals surface area (Å²) in [6.07, 6.45) is 4.17. The van der Waals surface area contributed by atoms with Gasteiger partial charge in [-0.2, -0.15) is 5.10 Å². The van der Waals surface area contributed by atoms with Gasteiger partial charge in [0.05, 0.1) is 5.69 Å². The molecule has 1 rings (SSSR count). The van der Waals surface area contributed by atoms with Crippen LogP contribution in [0, 0.1) is 6.92 Å². The van der Waals surface area contributed by atoms with Gasteiger partial charge in [0.2, 0.25) is 5.88 Å². The molecule has 80 valence electrons. The van der Waals surface area contributed by atoms with Gasteiger partial charge in [-0.1, -0.05) is 26.7 Å². The molecular weight excluding hydrogens is 176 g/mol. The minimum atomic E-state index is 0.373. The van der Waals surface area contributed by atoms with E-state index < -0.39 is 0 Å². The minimum Gasteiger partial charge on any atom is -0.493 e. The first-order valence-electron chi connectivity index (χ1n) is 5.45. The van der Waals surface area contributed by atoms with E-state index in [-0.39, 0.29) is 0 Å². The average molecular weight is 196 g/mol. The van der Waals surface area contributed by atoms with Crippen molar-refractivity contribution in [3.8, 4) is 5.88 Å². The SMILES string of the molecule is CCCCn1nc(C)c(CCC)c1O. The Hall–Kier alpha value is -0.990. The van der Waals surface area contributed by atoms with Crippen molar-refractivity contribution in [3.63, 3.8) is 0 Å². The number of unbranched alkanes of at least 4 members (excludes halogenated alkanes) is 1. The van der Waals surface area contributed by atoms with Crippen LogP contribution in [0.3, 0.4) is 0 Å². The molecule has 1 aromatic heterocycles. The van der Waals surface area contributed by atoms with E-state index in [0.29, 0.717) is 5.88 Å². The highest BCUT2D eigenvalue weighted by atomic mass is 16.3. The zero-order valence-corrected chi connectivity index (χ0v) is 9.38. The molecule has 0 atom stereocenters. The monoisotopic (exact) mass is 196 g/mol. The number of aromatic hydroxyl groups is 1. The second kappa shape index (κ2) is 5.03. The summed E-state index contributed by atoms with van der Waals surface area (Å²) in [5.74, 6) is 0.373. The van der Waals surface area contributed by atoms with Gasteiger partial charge < -0.3 is 5.11 Å². The summed E-state index contributed by atoms with van der Waals surface area (Å²) in [6, 6.07) is 0. The van der Waals surface area contributed by atoms with Gasteiger partial charge in [-0.05, 0) is 19.8 Å². The molecule has 0 aliphatic heterocycles. The van der Waals surface area contributed by atoms with Gasteiger partial charge in [-0.25, -0.2) is 4.68 Å². The average Bonchev–Trinajstić information content (AvgIpc) is 2.43. The summed E-state index contributed by atoms with van der Waals surface area (Å²) in [4.78, 5) is 0.